The zero-order valence-electron chi connectivity index (χ0n) is 5.83. The smallest absolute Gasteiger partial charge is 0.251 e. The largest absolute Gasteiger partial charge is 0.348 e. The van der Waals surface area contributed by atoms with Gasteiger partial charge in [-0.1, -0.05) is 18.2 Å². The molecule has 3 heteroatoms. The molecule has 1 N–H and O–H groups in total. The number of hydrogen-bond donors (Lipinski definition) is 1. The van der Waals surface area contributed by atoms with Gasteiger partial charge in [-0.3, -0.25) is 4.79 Å². The molecule has 58 valence electrons. The molecule has 0 spiro atoms. The third kappa shape index (κ3) is 1.28. The lowest BCUT2D eigenvalue weighted by atomic mass is 10.1. The van der Waals surface area contributed by atoms with Gasteiger partial charge in [-0.05, 0) is 11.6 Å². The van der Waals surface area contributed by atoms with Crippen molar-refractivity contribution in [2.75, 3.05) is 0 Å². The van der Waals surface area contributed by atoms with Crippen molar-refractivity contribution in [3.05, 3.63) is 35.4 Å². The van der Waals surface area contributed by atoms with Crippen LogP contribution < -0.4 is 5.32 Å². The van der Waals surface area contributed by atoms with E-state index in [9.17, 15) is 4.79 Å². The fourth-order valence-electron chi connectivity index (χ4n) is 1.17. The highest BCUT2D eigenvalue weighted by atomic mass is 79.9. The van der Waals surface area contributed by atoms with Crippen LogP contribution in [-0.4, -0.2) is 5.91 Å². The van der Waals surface area contributed by atoms with E-state index in [4.69, 9.17) is 0 Å². The van der Waals surface area contributed by atoms with E-state index >= 15 is 0 Å². The number of hydrogen-bond acceptors (Lipinski definition) is 1. The van der Waals surface area contributed by atoms with Crippen LogP contribution in [-0.2, 0) is 6.54 Å². The minimum absolute atomic E-state index is 0. The second kappa shape index (κ2) is 3.05. The lowest BCUT2D eigenvalue weighted by Gasteiger charge is -1.89. The molecule has 0 atom stereocenters. The predicted octanol–water partition coefficient (Wildman–Crippen LogP) is 1.51. The SMILES string of the molecule is Br.O=C1NCc2ccccc21. The number of amides is 1. The van der Waals surface area contributed by atoms with Crippen molar-refractivity contribution in [1.82, 2.24) is 5.32 Å². The summed E-state index contributed by atoms with van der Waals surface area (Å²) in [7, 11) is 0. The van der Waals surface area contributed by atoms with Crippen molar-refractivity contribution >= 4 is 22.9 Å². The molecule has 0 fully saturated rings. The van der Waals surface area contributed by atoms with Gasteiger partial charge in [0.15, 0.2) is 0 Å². The average Bonchev–Trinajstić information content (AvgIpc) is 2.34. The van der Waals surface area contributed by atoms with Gasteiger partial charge < -0.3 is 5.32 Å². The Labute approximate surface area is 75.4 Å². The maximum atomic E-state index is 11.0. The van der Waals surface area contributed by atoms with Gasteiger partial charge in [-0.2, -0.15) is 0 Å². The number of carbonyl (C=O) groups is 1. The highest BCUT2D eigenvalue weighted by Crippen LogP contribution is 2.13. The van der Waals surface area contributed by atoms with Crippen molar-refractivity contribution < 1.29 is 4.79 Å². The fraction of sp³-hybridized carbons (Fsp3) is 0.125. The first-order chi connectivity index (χ1) is 4.88. The van der Waals surface area contributed by atoms with E-state index in [-0.39, 0.29) is 22.9 Å². The third-order valence-corrected chi connectivity index (χ3v) is 1.70. The van der Waals surface area contributed by atoms with Gasteiger partial charge in [0, 0.05) is 12.1 Å². The number of nitrogens with one attached hydrogen (secondary N) is 1. The maximum absolute atomic E-state index is 11.0. The van der Waals surface area contributed by atoms with E-state index in [1.54, 1.807) is 0 Å². The monoisotopic (exact) mass is 213 g/mol. The van der Waals surface area contributed by atoms with Gasteiger partial charge in [0.2, 0.25) is 0 Å². The van der Waals surface area contributed by atoms with Crippen LogP contribution in [0.3, 0.4) is 0 Å². The maximum Gasteiger partial charge on any atom is 0.251 e. The molecule has 1 aliphatic heterocycles. The Kier molecular flexibility index (Phi) is 2.29. The zero-order chi connectivity index (χ0) is 6.97. The van der Waals surface area contributed by atoms with Crippen molar-refractivity contribution in [1.29, 1.82) is 0 Å². The van der Waals surface area contributed by atoms with Crippen LogP contribution in [0.1, 0.15) is 15.9 Å². The lowest BCUT2D eigenvalue weighted by Crippen LogP contribution is -2.12. The van der Waals surface area contributed by atoms with E-state index in [2.05, 4.69) is 5.32 Å². The first-order valence-electron chi connectivity index (χ1n) is 3.24. The van der Waals surface area contributed by atoms with Crippen LogP contribution in [0.4, 0.5) is 0 Å². The summed E-state index contributed by atoms with van der Waals surface area (Å²) in [6, 6.07) is 7.63. The molecule has 1 aliphatic rings. The second-order valence-electron chi connectivity index (χ2n) is 2.34. The van der Waals surface area contributed by atoms with E-state index in [1.807, 2.05) is 24.3 Å². The van der Waals surface area contributed by atoms with Crippen molar-refractivity contribution in [3.63, 3.8) is 0 Å². The molecule has 2 nitrogen and oxygen atoms in total. The molecule has 1 heterocycles. The van der Waals surface area contributed by atoms with Gasteiger partial charge in [0.25, 0.3) is 5.91 Å². The fourth-order valence-corrected chi connectivity index (χ4v) is 1.17. The van der Waals surface area contributed by atoms with Crippen molar-refractivity contribution in [3.8, 4) is 0 Å². The molecule has 0 bridgehead atoms. The Morgan fingerprint density at radius 2 is 2.00 bits per heavy atom. The van der Waals surface area contributed by atoms with Crippen LogP contribution in [0.15, 0.2) is 24.3 Å². The number of halogens is 1. The zero-order valence-corrected chi connectivity index (χ0v) is 7.55. The van der Waals surface area contributed by atoms with Crippen LogP contribution in [0.2, 0.25) is 0 Å². The first kappa shape index (κ1) is 8.27. The normalized spacial score (nSPS) is 13.3. The highest BCUT2D eigenvalue weighted by molar-refractivity contribution is 8.93. The minimum atomic E-state index is 0. The number of rotatable bonds is 0. The average molecular weight is 214 g/mol. The topological polar surface area (TPSA) is 29.1 Å². The number of carbonyl (C=O) groups excluding carboxylic acids is 1. The molecule has 0 radical (unpaired) electrons. The highest BCUT2D eigenvalue weighted by Gasteiger charge is 2.16. The molecule has 0 unspecified atom stereocenters. The lowest BCUT2D eigenvalue weighted by molar-refractivity contribution is 0.0966. The van der Waals surface area contributed by atoms with Crippen molar-refractivity contribution in [2.24, 2.45) is 0 Å². The molecule has 1 aromatic carbocycles. The summed E-state index contributed by atoms with van der Waals surface area (Å²) in [5, 5.41) is 2.75. The van der Waals surface area contributed by atoms with Crippen LogP contribution in [0.5, 0.6) is 0 Å². The molecule has 0 aromatic heterocycles. The molecular formula is C8H8BrNO. The standard InChI is InChI=1S/C8H7NO.BrH/c10-8-7-4-2-1-3-6(7)5-9-8;/h1-4H,5H2,(H,9,10);1H. The molecule has 0 saturated carbocycles. The van der Waals surface area contributed by atoms with E-state index < -0.39 is 0 Å². The van der Waals surface area contributed by atoms with Crippen molar-refractivity contribution in [2.45, 2.75) is 6.54 Å². The Morgan fingerprint density at radius 3 is 2.73 bits per heavy atom. The molecule has 0 aliphatic carbocycles. The summed E-state index contributed by atoms with van der Waals surface area (Å²) >= 11 is 0. The van der Waals surface area contributed by atoms with Gasteiger partial charge in [-0.15, -0.1) is 17.0 Å². The molecule has 11 heavy (non-hydrogen) atoms. The Balaban J connectivity index is 0.000000605. The van der Waals surface area contributed by atoms with Crippen LogP contribution >= 0.6 is 17.0 Å². The molecule has 1 amide bonds. The third-order valence-electron chi connectivity index (χ3n) is 1.70. The van der Waals surface area contributed by atoms with Gasteiger partial charge >= 0.3 is 0 Å². The first-order valence-corrected chi connectivity index (χ1v) is 3.24. The number of fused-ring (bicyclic) bond motifs is 1. The summed E-state index contributed by atoms with van der Waals surface area (Å²) in [5.74, 6) is 0.0515. The van der Waals surface area contributed by atoms with Gasteiger partial charge in [0.1, 0.15) is 0 Å². The minimum Gasteiger partial charge on any atom is -0.348 e. The second-order valence-corrected chi connectivity index (χ2v) is 2.34. The van der Waals surface area contributed by atoms with Crippen LogP contribution in [0, 0.1) is 0 Å². The summed E-state index contributed by atoms with van der Waals surface area (Å²) < 4.78 is 0. The summed E-state index contributed by atoms with van der Waals surface area (Å²) in [4.78, 5) is 11.0. The number of benzene rings is 1. The Bertz CT molecular complexity index is 285. The molecule has 2 rings (SSSR count). The molecule has 0 saturated heterocycles. The predicted molar refractivity (Wildman–Crippen MR) is 47.9 cm³/mol. The molecular weight excluding hydrogens is 206 g/mol. The van der Waals surface area contributed by atoms with Gasteiger partial charge in [0.05, 0.1) is 0 Å². The van der Waals surface area contributed by atoms with E-state index in [0.29, 0.717) is 6.54 Å². The Morgan fingerprint density at radius 1 is 1.27 bits per heavy atom. The van der Waals surface area contributed by atoms with E-state index in [1.165, 1.54) is 0 Å². The Hall–Kier alpha value is -0.830. The quantitative estimate of drug-likeness (QED) is 0.696. The van der Waals surface area contributed by atoms with Gasteiger partial charge in [-0.25, -0.2) is 0 Å². The molecule has 1 aromatic rings. The summed E-state index contributed by atoms with van der Waals surface area (Å²) in [5.41, 5.74) is 1.93. The van der Waals surface area contributed by atoms with Crippen LogP contribution in [0.25, 0.3) is 0 Å². The summed E-state index contributed by atoms with van der Waals surface area (Å²) in [6.45, 7) is 0.689. The summed E-state index contributed by atoms with van der Waals surface area (Å²) in [6.07, 6.45) is 0. The van der Waals surface area contributed by atoms with E-state index in [0.717, 1.165) is 11.1 Å².